The maximum Gasteiger partial charge on any atom is 0.246 e. The molecule has 0 aliphatic heterocycles. The molecular formula is C14H12F3NO2S. The van der Waals surface area contributed by atoms with E-state index < -0.39 is 32.4 Å². The van der Waals surface area contributed by atoms with Crippen LogP contribution < -0.4 is 0 Å². The Morgan fingerprint density at radius 1 is 1.00 bits per heavy atom. The van der Waals surface area contributed by atoms with Gasteiger partial charge in [0.15, 0.2) is 0 Å². The summed E-state index contributed by atoms with van der Waals surface area (Å²) in [5.41, 5.74) is 0.158. The standard InChI is InChI=1S/C14H12F3NO2S/c1-18(9-10-4-2-3-5-12(10)16)21(19,20)14-7-6-11(15)8-13(14)17/h2-8H,9H2,1H3. The molecule has 0 unspecified atom stereocenters. The van der Waals surface area contributed by atoms with Gasteiger partial charge in [0, 0.05) is 25.2 Å². The second-order valence-corrected chi connectivity index (χ2v) is 6.44. The van der Waals surface area contributed by atoms with Gasteiger partial charge in [-0.15, -0.1) is 0 Å². The molecule has 0 aromatic heterocycles. The molecule has 0 atom stereocenters. The minimum Gasteiger partial charge on any atom is -0.207 e. The molecule has 0 bridgehead atoms. The minimum absolute atomic E-state index is 0.158. The molecule has 0 saturated heterocycles. The molecule has 112 valence electrons. The molecule has 0 aliphatic carbocycles. The van der Waals surface area contributed by atoms with Gasteiger partial charge < -0.3 is 0 Å². The van der Waals surface area contributed by atoms with E-state index in [0.717, 1.165) is 16.4 Å². The van der Waals surface area contributed by atoms with Crippen molar-refractivity contribution in [1.82, 2.24) is 4.31 Å². The van der Waals surface area contributed by atoms with Gasteiger partial charge in [0.25, 0.3) is 0 Å². The highest BCUT2D eigenvalue weighted by Gasteiger charge is 2.25. The predicted molar refractivity (Wildman–Crippen MR) is 71.4 cm³/mol. The monoisotopic (exact) mass is 315 g/mol. The fourth-order valence-corrected chi connectivity index (χ4v) is 2.99. The summed E-state index contributed by atoms with van der Waals surface area (Å²) in [6.07, 6.45) is 0. The summed E-state index contributed by atoms with van der Waals surface area (Å²) in [6, 6.07) is 7.87. The molecule has 0 heterocycles. The molecular weight excluding hydrogens is 303 g/mol. The van der Waals surface area contributed by atoms with Gasteiger partial charge in [-0.25, -0.2) is 21.6 Å². The van der Waals surface area contributed by atoms with Crippen LogP contribution in [0.15, 0.2) is 47.4 Å². The maximum atomic E-state index is 13.6. The van der Waals surface area contributed by atoms with E-state index in [0.29, 0.717) is 6.07 Å². The molecule has 2 aromatic carbocycles. The Labute approximate surface area is 120 Å². The van der Waals surface area contributed by atoms with Crippen LogP contribution in [-0.2, 0) is 16.6 Å². The predicted octanol–water partition coefficient (Wildman–Crippen LogP) is 2.92. The van der Waals surface area contributed by atoms with Gasteiger partial charge >= 0.3 is 0 Å². The smallest absolute Gasteiger partial charge is 0.207 e. The Balaban J connectivity index is 2.33. The Kier molecular flexibility index (Phi) is 4.34. The van der Waals surface area contributed by atoms with Crippen LogP contribution in [0.4, 0.5) is 13.2 Å². The van der Waals surface area contributed by atoms with Gasteiger partial charge in [-0.2, -0.15) is 4.31 Å². The van der Waals surface area contributed by atoms with E-state index >= 15 is 0 Å². The van der Waals surface area contributed by atoms with E-state index in [4.69, 9.17) is 0 Å². The number of sulfonamides is 1. The number of benzene rings is 2. The summed E-state index contributed by atoms with van der Waals surface area (Å²) in [7, 11) is -2.98. The minimum atomic E-state index is -4.18. The first-order valence-electron chi connectivity index (χ1n) is 5.97. The fraction of sp³-hybridized carbons (Fsp3) is 0.143. The van der Waals surface area contributed by atoms with Crippen LogP contribution in [0.2, 0.25) is 0 Å². The first kappa shape index (κ1) is 15.5. The van der Waals surface area contributed by atoms with Crippen LogP contribution in [0, 0.1) is 17.5 Å². The third-order valence-corrected chi connectivity index (χ3v) is 4.77. The molecule has 0 aliphatic rings. The summed E-state index contributed by atoms with van der Waals surface area (Å²) in [4.78, 5) is -0.650. The number of hydrogen-bond donors (Lipinski definition) is 0. The lowest BCUT2D eigenvalue weighted by Gasteiger charge is -2.18. The second kappa shape index (κ2) is 5.87. The normalized spacial score (nSPS) is 11.9. The molecule has 21 heavy (non-hydrogen) atoms. The number of halogens is 3. The molecule has 0 radical (unpaired) electrons. The number of nitrogens with zero attached hydrogens (tertiary/aromatic N) is 1. The zero-order chi connectivity index (χ0) is 15.6. The Hall–Kier alpha value is -1.86. The molecule has 2 aromatic rings. The Morgan fingerprint density at radius 2 is 1.67 bits per heavy atom. The summed E-state index contributed by atoms with van der Waals surface area (Å²) in [6.45, 7) is -0.258. The fourth-order valence-electron chi connectivity index (χ4n) is 1.80. The van der Waals surface area contributed by atoms with Gasteiger partial charge in [0.1, 0.15) is 22.3 Å². The molecule has 0 amide bonds. The highest BCUT2D eigenvalue weighted by Crippen LogP contribution is 2.21. The van der Waals surface area contributed by atoms with E-state index in [1.54, 1.807) is 6.07 Å². The van der Waals surface area contributed by atoms with Crippen molar-refractivity contribution in [2.75, 3.05) is 7.05 Å². The Bertz CT molecular complexity index is 763. The third-order valence-electron chi connectivity index (χ3n) is 2.93. The van der Waals surface area contributed by atoms with Crippen LogP contribution in [0.5, 0.6) is 0 Å². The van der Waals surface area contributed by atoms with E-state index in [1.807, 2.05) is 0 Å². The third kappa shape index (κ3) is 3.25. The van der Waals surface area contributed by atoms with E-state index in [9.17, 15) is 21.6 Å². The molecule has 2 rings (SSSR count). The van der Waals surface area contributed by atoms with Crippen molar-refractivity contribution in [2.45, 2.75) is 11.4 Å². The molecule has 0 saturated carbocycles. The van der Waals surface area contributed by atoms with Crippen molar-refractivity contribution >= 4 is 10.0 Å². The van der Waals surface area contributed by atoms with Crippen LogP contribution >= 0.6 is 0 Å². The van der Waals surface area contributed by atoms with Crippen LogP contribution in [-0.4, -0.2) is 19.8 Å². The average Bonchev–Trinajstić information content (AvgIpc) is 2.40. The quantitative estimate of drug-likeness (QED) is 0.870. The number of hydrogen-bond acceptors (Lipinski definition) is 2. The maximum absolute atomic E-state index is 13.6. The van der Waals surface area contributed by atoms with E-state index in [2.05, 4.69) is 0 Å². The number of rotatable bonds is 4. The lowest BCUT2D eigenvalue weighted by Crippen LogP contribution is -2.27. The highest BCUT2D eigenvalue weighted by atomic mass is 32.2. The zero-order valence-corrected chi connectivity index (χ0v) is 11.9. The average molecular weight is 315 g/mol. The topological polar surface area (TPSA) is 37.4 Å². The van der Waals surface area contributed by atoms with Gasteiger partial charge in [-0.05, 0) is 18.2 Å². The molecule has 0 fully saturated rings. The van der Waals surface area contributed by atoms with E-state index in [-0.39, 0.29) is 12.1 Å². The van der Waals surface area contributed by atoms with Crippen molar-refractivity contribution in [3.63, 3.8) is 0 Å². The lowest BCUT2D eigenvalue weighted by atomic mass is 10.2. The summed E-state index contributed by atoms with van der Waals surface area (Å²) in [5, 5.41) is 0. The molecule has 0 N–H and O–H groups in total. The Morgan fingerprint density at radius 3 is 2.29 bits per heavy atom. The zero-order valence-electron chi connectivity index (χ0n) is 11.1. The van der Waals surface area contributed by atoms with Crippen LogP contribution in [0.3, 0.4) is 0 Å². The van der Waals surface area contributed by atoms with Gasteiger partial charge in [0.05, 0.1) is 0 Å². The van der Waals surface area contributed by atoms with Crippen molar-refractivity contribution in [2.24, 2.45) is 0 Å². The van der Waals surface area contributed by atoms with Crippen LogP contribution in [0.1, 0.15) is 5.56 Å². The second-order valence-electron chi connectivity index (χ2n) is 4.43. The molecule has 7 heteroatoms. The summed E-state index contributed by atoms with van der Waals surface area (Å²) >= 11 is 0. The van der Waals surface area contributed by atoms with Crippen molar-refractivity contribution < 1.29 is 21.6 Å². The van der Waals surface area contributed by atoms with Crippen molar-refractivity contribution in [1.29, 1.82) is 0 Å². The first-order valence-corrected chi connectivity index (χ1v) is 7.41. The van der Waals surface area contributed by atoms with Crippen LogP contribution in [0.25, 0.3) is 0 Å². The molecule has 3 nitrogen and oxygen atoms in total. The first-order chi connectivity index (χ1) is 9.82. The van der Waals surface area contributed by atoms with Crippen molar-refractivity contribution in [3.8, 4) is 0 Å². The highest BCUT2D eigenvalue weighted by molar-refractivity contribution is 7.89. The van der Waals surface area contributed by atoms with E-state index in [1.165, 1.54) is 25.2 Å². The largest absolute Gasteiger partial charge is 0.246 e. The SMILES string of the molecule is CN(Cc1ccccc1F)S(=O)(=O)c1ccc(F)cc1F. The lowest BCUT2D eigenvalue weighted by molar-refractivity contribution is 0.450. The van der Waals surface area contributed by atoms with Crippen molar-refractivity contribution in [3.05, 3.63) is 65.5 Å². The van der Waals surface area contributed by atoms with Gasteiger partial charge in [0.2, 0.25) is 10.0 Å². The summed E-state index contributed by atoms with van der Waals surface area (Å²) < 4.78 is 65.2. The summed E-state index contributed by atoms with van der Waals surface area (Å²) in [5.74, 6) is -2.61. The van der Waals surface area contributed by atoms with Gasteiger partial charge in [-0.3, -0.25) is 0 Å². The van der Waals surface area contributed by atoms with Gasteiger partial charge in [-0.1, -0.05) is 18.2 Å². The molecule has 0 spiro atoms.